The molecule has 1 aromatic carbocycles. The van der Waals surface area contributed by atoms with Crippen molar-refractivity contribution in [2.45, 2.75) is 25.4 Å². The molecule has 1 aliphatic rings. The Hall–Kier alpha value is -1.06. The van der Waals surface area contributed by atoms with Crippen LogP contribution in [0.25, 0.3) is 0 Å². The van der Waals surface area contributed by atoms with Gasteiger partial charge in [-0.2, -0.15) is 0 Å². The smallest absolute Gasteiger partial charge is 0.240 e. The van der Waals surface area contributed by atoms with Gasteiger partial charge in [0.1, 0.15) is 0 Å². The number of nitrogens with one attached hydrogen (secondary N) is 1. The van der Waals surface area contributed by atoms with Crippen LogP contribution >= 0.6 is 11.6 Å². The van der Waals surface area contributed by atoms with Crippen LogP contribution in [0.15, 0.2) is 24.3 Å². The highest BCUT2D eigenvalue weighted by Gasteiger charge is 2.33. The first-order valence-electron chi connectivity index (χ1n) is 5.86. The van der Waals surface area contributed by atoms with Crippen LogP contribution in [0.5, 0.6) is 0 Å². The predicted octanol–water partition coefficient (Wildman–Crippen LogP) is 2.22. The van der Waals surface area contributed by atoms with Crippen molar-refractivity contribution >= 4 is 17.5 Å². The van der Waals surface area contributed by atoms with Crippen LogP contribution in [-0.2, 0) is 4.79 Å². The molecule has 1 N–H and O–H groups in total. The van der Waals surface area contributed by atoms with E-state index < -0.39 is 0 Å². The van der Waals surface area contributed by atoms with Crippen LogP contribution in [0.1, 0.15) is 24.9 Å². The van der Waals surface area contributed by atoms with E-state index in [0.717, 1.165) is 18.5 Å². The topological polar surface area (TPSA) is 32.3 Å². The molecule has 1 aromatic rings. The fourth-order valence-electron chi connectivity index (χ4n) is 2.30. The third-order valence-corrected chi connectivity index (χ3v) is 3.62. The molecule has 1 fully saturated rings. The summed E-state index contributed by atoms with van der Waals surface area (Å²) in [5, 5.41) is 3.76. The number of rotatable bonds is 3. The second kappa shape index (κ2) is 5.07. The van der Waals surface area contributed by atoms with Crippen molar-refractivity contribution in [1.82, 2.24) is 10.2 Å². The van der Waals surface area contributed by atoms with Crippen molar-refractivity contribution in [2.24, 2.45) is 0 Å². The summed E-state index contributed by atoms with van der Waals surface area (Å²) in [4.78, 5) is 14.0. The maximum atomic E-state index is 12.1. The zero-order chi connectivity index (χ0) is 12.4. The average Bonchev–Trinajstić information content (AvgIpc) is 2.69. The van der Waals surface area contributed by atoms with Gasteiger partial charge in [0.2, 0.25) is 5.91 Å². The van der Waals surface area contributed by atoms with Crippen LogP contribution in [0.3, 0.4) is 0 Å². The molecule has 4 heteroatoms. The molecule has 92 valence electrons. The Labute approximate surface area is 107 Å². The van der Waals surface area contributed by atoms with Crippen LogP contribution < -0.4 is 5.32 Å². The van der Waals surface area contributed by atoms with E-state index in [1.807, 2.05) is 43.1 Å². The largest absolute Gasteiger partial charge is 0.335 e. The molecular formula is C13H17ClN2O. The number of hydrogen-bond acceptors (Lipinski definition) is 2. The number of likely N-dealkylation sites (N-methyl/N-ethyl adjacent to an activating group) is 1. The van der Waals surface area contributed by atoms with Gasteiger partial charge in [-0.05, 0) is 38.1 Å². The molecule has 0 spiro atoms. The quantitative estimate of drug-likeness (QED) is 0.895. The molecule has 0 saturated carbocycles. The molecule has 2 unspecified atom stereocenters. The van der Waals surface area contributed by atoms with Crippen LogP contribution in [-0.4, -0.2) is 30.4 Å². The summed E-state index contributed by atoms with van der Waals surface area (Å²) in [6.45, 7) is 2.85. The van der Waals surface area contributed by atoms with Gasteiger partial charge in [0, 0.05) is 11.6 Å². The van der Waals surface area contributed by atoms with Crippen molar-refractivity contribution < 1.29 is 4.79 Å². The number of hydrogen-bond donors (Lipinski definition) is 1. The van der Waals surface area contributed by atoms with Crippen molar-refractivity contribution in [1.29, 1.82) is 0 Å². The molecule has 1 amide bonds. The first-order valence-corrected chi connectivity index (χ1v) is 6.24. The minimum Gasteiger partial charge on any atom is -0.335 e. The van der Waals surface area contributed by atoms with Gasteiger partial charge in [0.05, 0.1) is 12.1 Å². The zero-order valence-corrected chi connectivity index (χ0v) is 10.9. The monoisotopic (exact) mass is 252 g/mol. The SMILES string of the molecule is CNC1CCN(C(C)c2cccc(Cl)c2)C1=O. The van der Waals surface area contributed by atoms with Crippen LogP contribution in [0.4, 0.5) is 0 Å². The number of likely N-dealkylation sites (tertiary alicyclic amines) is 1. The van der Waals surface area contributed by atoms with E-state index in [9.17, 15) is 4.79 Å². The number of benzene rings is 1. The Kier molecular flexibility index (Phi) is 3.69. The summed E-state index contributed by atoms with van der Waals surface area (Å²) in [6, 6.07) is 7.75. The zero-order valence-electron chi connectivity index (χ0n) is 10.1. The van der Waals surface area contributed by atoms with Crippen molar-refractivity contribution in [3.8, 4) is 0 Å². The van der Waals surface area contributed by atoms with Gasteiger partial charge in [-0.25, -0.2) is 0 Å². The van der Waals surface area contributed by atoms with Crippen molar-refractivity contribution in [2.75, 3.05) is 13.6 Å². The van der Waals surface area contributed by atoms with E-state index in [1.165, 1.54) is 0 Å². The fraction of sp³-hybridized carbons (Fsp3) is 0.462. The summed E-state index contributed by atoms with van der Waals surface area (Å²) in [6.07, 6.45) is 0.875. The highest BCUT2D eigenvalue weighted by molar-refractivity contribution is 6.30. The first-order chi connectivity index (χ1) is 8.13. The summed E-state index contributed by atoms with van der Waals surface area (Å²) in [5.41, 5.74) is 1.09. The molecule has 2 rings (SSSR count). The second-order valence-electron chi connectivity index (χ2n) is 4.39. The third kappa shape index (κ3) is 2.45. The van der Waals surface area contributed by atoms with Crippen LogP contribution in [0, 0.1) is 0 Å². The molecule has 1 aliphatic heterocycles. The highest BCUT2D eigenvalue weighted by Crippen LogP contribution is 2.27. The molecule has 1 heterocycles. The molecule has 2 atom stereocenters. The minimum absolute atomic E-state index is 0.0309. The van der Waals surface area contributed by atoms with Gasteiger partial charge in [-0.1, -0.05) is 23.7 Å². The Morgan fingerprint density at radius 1 is 1.53 bits per heavy atom. The lowest BCUT2D eigenvalue weighted by atomic mass is 10.1. The van der Waals surface area contributed by atoms with Gasteiger partial charge < -0.3 is 10.2 Å². The Morgan fingerprint density at radius 2 is 2.29 bits per heavy atom. The van der Waals surface area contributed by atoms with E-state index >= 15 is 0 Å². The normalized spacial score (nSPS) is 21.9. The second-order valence-corrected chi connectivity index (χ2v) is 4.83. The lowest BCUT2D eigenvalue weighted by Gasteiger charge is -2.25. The van der Waals surface area contributed by atoms with E-state index in [0.29, 0.717) is 5.02 Å². The summed E-state index contributed by atoms with van der Waals surface area (Å²) in [7, 11) is 1.83. The van der Waals surface area contributed by atoms with Gasteiger partial charge in [-0.3, -0.25) is 4.79 Å². The van der Waals surface area contributed by atoms with Crippen LogP contribution in [0.2, 0.25) is 5.02 Å². The fourth-order valence-corrected chi connectivity index (χ4v) is 2.50. The molecule has 0 bridgehead atoms. The first kappa shape index (κ1) is 12.4. The molecule has 0 aliphatic carbocycles. The van der Waals surface area contributed by atoms with Gasteiger partial charge in [0.15, 0.2) is 0 Å². The average molecular weight is 253 g/mol. The maximum absolute atomic E-state index is 12.1. The van der Waals surface area contributed by atoms with Gasteiger partial charge in [-0.15, -0.1) is 0 Å². The predicted molar refractivity (Wildman–Crippen MR) is 69.0 cm³/mol. The Morgan fingerprint density at radius 3 is 2.88 bits per heavy atom. The van der Waals surface area contributed by atoms with Gasteiger partial charge >= 0.3 is 0 Å². The van der Waals surface area contributed by atoms with Crippen molar-refractivity contribution in [3.05, 3.63) is 34.9 Å². The summed E-state index contributed by atoms with van der Waals surface area (Å²) in [5.74, 6) is 0.181. The van der Waals surface area contributed by atoms with E-state index in [1.54, 1.807) is 0 Å². The lowest BCUT2D eigenvalue weighted by molar-refractivity contribution is -0.131. The van der Waals surface area contributed by atoms with E-state index in [2.05, 4.69) is 5.32 Å². The van der Waals surface area contributed by atoms with Gasteiger partial charge in [0.25, 0.3) is 0 Å². The third-order valence-electron chi connectivity index (χ3n) is 3.39. The lowest BCUT2D eigenvalue weighted by Crippen LogP contribution is -2.37. The summed E-state index contributed by atoms with van der Waals surface area (Å²) >= 11 is 5.97. The number of amides is 1. The number of nitrogens with zero attached hydrogens (tertiary/aromatic N) is 1. The molecule has 0 radical (unpaired) electrons. The summed E-state index contributed by atoms with van der Waals surface area (Å²) < 4.78 is 0. The number of carbonyl (C=O) groups is 1. The molecule has 3 nitrogen and oxygen atoms in total. The minimum atomic E-state index is -0.0309. The highest BCUT2D eigenvalue weighted by atomic mass is 35.5. The molecule has 0 aromatic heterocycles. The molecular weight excluding hydrogens is 236 g/mol. The van der Waals surface area contributed by atoms with Crippen molar-refractivity contribution in [3.63, 3.8) is 0 Å². The standard InChI is InChI=1S/C13H17ClN2O/c1-9(10-4-3-5-11(14)8-10)16-7-6-12(15-2)13(16)17/h3-5,8-9,12,15H,6-7H2,1-2H3. The van der Waals surface area contributed by atoms with E-state index in [-0.39, 0.29) is 18.0 Å². The maximum Gasteiger partial charge on any atom is 0.240 e. The van der Waals surface area contributed by atoms with E-state index in [4.69, 9.17) is 11.6 Å². The number of carbonyl (C=O) groups excluding carboxylic acids is 1. The number of halogens is 1. The molecule has 1 saturated heterocycles. The Bertz CT molecular complexity index is 422. The Balaban J connectivity index is 2.16. The molecule has 17 heavy (non-hydrogen) atoms.